The van der Waals surface area contributed by atoms with Crippen LogP contribution >= 0.6 is 0 Å². The fraction of sp³-hybridized carbons (Fsp3) is 0. The number of hydrogen-bond acceptors (Lipinski definition) is 2. The van der Waals surface area contributed by atoms with Crippen LogP contribution in [0.15, 0.2) is 176 Å². The highest BCUT2D eigenvalue weighted by molar-refractivity contribution is 6.22. The Hall–Kier alpha value is -6.38. The van der Waals surface area contributed by atoms with Gasteiger partial charge in [0.2, 0.25) is 0 Å². The van der Waals surface area contributed by atoms with Crippen molar-refractivity contribution in [1.82, 2.24) is 0 Å². The lowest BCUT2D eigenvalue weighted by Crippen LogP contribution is -1.95. The molecule has 0 spiro atoms. The number of nitrogens with one attached hydrogen (secondary N) is 1. The minimum Gasteiger partial charge on any atom is -0.397 e. The Balaban J connectivity index is 1.28. The van der Waals surface area contributed by atoms with E-state index in [0.29, 0.717) is 0 Å². The van der Waals surface area contributed by atoms with Crippen LogP contribution in [0.1, 0.15) is 0 Å². The lowest BCUT2D eigenvalue weighted by Gasteiger charge is -2.19. The number of rotatable bonds is 5. The van der Waals surface area contributed by atoms with Crippen molar-refractivity contribution in [2.75, 3.05) is 11.1 Å². The summed E-state index contributed by atoms with van der Waals surface area (Å²) in [7, 11) is 0. The lowest BCUT2D eigenvalue weighted by molar-refractivity contribution is 1.54. The standard InChI is InChI=1S/C46H32N2/c47-43-15-7-8-16-44(43)48-38-24-21-32(22-25-38)35-23-26-41-42(29-35)46(37-20-18-31-10-2-4-12-34(31)28-37)40-14-6-5-13-39(40)45(41)36-19-17-30-9-1-3-11-33(30)27-36/h1-29,48H,47H2. The minimum absolute atomic E-state index is 0.728. The van der Waals surface area contributed by atoms with E-state index in [-0.39, 0.29) is 0 Å². The maximum absolute atomic E-state index is 6.19. The minimum atomic E-state index is 0.728. The van der Waals surface area contributed by atoms with E-state index in [2.05, 4.69) is 157 Å². The van der Waals surface area contributed by atoms with Crippen LogP contribution in [0.4, 0.5) is 17.1 Å². The summed E-state index contributed by atoms with van der Waals surface area (Å²) in [6.07, 6.45) is 0. The zero-order valence-electron chi connectivity index (χ0n) is 26.3. The molecule has 0 aromatic heterocycles. The average Bonchev–Trinajstić information content (AvgIpc) is 3.14. The van der Waals surface area contributed by atoms with Gasteiger partial charge in [0.15, 0.2) is 0 Å². The van der Waals surface area contributed by atoms with Crippen LogP contribution in [-0.2, 0) is 0 Å². The molecule has 0 saturated carbocycles. The number of fused-ring (bicyclic) bond motifs is 4. The monoisotopic (exact) mass is 612 g/mol. The molecule has 0 heterocycles. The first-order valence-corrected chi connectivity index (χ1v) is 16.4. The summed E-state index contributed by atoms with van der Waals surface area (Å²) in [4.78, 5) is 0. The van der Waals surface area contributed by atoms with Gasteiger partial charge in [-0.05, 0) is 119 Å². The number of nitrogens with two attached hydrogens (primary N) is 1. The van der Waals surface area contributed by atoms with E-state index in [1.165, 1.54) is 70.9 Å². The summed E-state index contributed by atoms with van der Waals surface area (Å²) in [5.41, 5.74) is 16.1. The van der Waals surface area contributed by atoms with Crippen LogP contribution < -0.4 is 11.1 Å². The van der Waals surface area contributed by atoms with E-state index >= 15 is 0 Å². The van der Waals surface area contributed by atoms with E-state index in [1.807, 2.05) is 24.3 Å². The van der Waals surface area contributed by atoms with E-state index in [1.54, 1.807) is 0 Å². The van der Waals surface area contributed by atoms with Gasteiger partial charge in [0, 0.05) is 5.69 Å². The molecular formula is C46H32N2. The Morgan fingerprint density at radius 3 is 1.44 bits per heavy atom. The molecule has 0 bridgehead atoms. The molecule has 48 heavy (non-hydrogen) atoms. The summed E-state index contributed by atoms with van der Waals surface area (Å²) in [5, 5.41) is 13.4. The summed E-state index contributed by atoms with van der Waals surface area (Å²) in [6, 6.07) is 63.3. The van der Waals surface area contributed by atoms with Gasteiger partial charge in [0.05, 0.1) is 11.4 Å². The number of hydrogen-bond donors (Lipinski definition) is 2. The number of anilines is 3. The third-order valence-corrected chi connectivity index (χ3v) is 9.56. The molecule has 2 nitrogen and oxygen atoms in total. The molecule has 0 aliphatic rings. The van der Waals surface area contributed by atoms with Crippen molar-refractivity contribution in [3.63, 3.8) is 0 Å². The smallest absolute Gasteiger partial charge is 0.0617 e. The fourth-order valence-corrected chi connectivity index (χ4v) is 7.18. The van der Waals surface area contributed by atoms with Gasteiger partial charge in [0.25, 0.3) is 0 Å². The van der Waals surface area contributed by atoms with Crippen LogP contribution in [-0.4, -0.2) is 0 Å². The molecule has 9 rings (SSSR count). The van der Waals surface area contributed by atoms with E-state index in [9.17, 15) is 0 Å². The summed E-state index contributed by atoms with van der Waals surface area (Å²) in [5.74, 6) is 0. The van der Waals surface area contributed by atoms with Crippen LogP contribution in [0.3, 0.4) is 0 Å². The zero-order valence-corrected chi connectivity index (χ0v) is 26.3. The SMILES string of the molecule is Nc1ccccc1Nc1ccc(-c2ccc3c(-c4ccc5ccccc5c4)c4ccccc4c(-c4ccc5ccccc5c4)c3c2)cc1. The number of nitrogen functional groups attached to an aromatic ring is 1. The fourth-order valence-electron chi connectivity index (χ4n) is 7.18. The van der Waals surface area contributed by atoms with Crippen LogP contribution in [0.2, 0.25) is 0 Å². The van der Waals surface area contributed by atoms with E-state index in [4.69, 9.17) is 5.73 Å². The third-order valence-electron chi connectivity index (χ3n) is 9.56. The normalized spacial score (nSPS) is 11.4. The van der Waals surface area contributed by atoms with Crippen molar-refractivity contribution in [3.8, 4) is 33.4 Å². The van der Waals surface area contributed by atoms with Gasteiger partial charge in [0.1, 0.15) is 0 Å². The Bertz CT molecular complexity index is 2650. The maximum Gasteiger partial charge on any atom is 0.0617 e. The summed E-state index contributed by atoms with van der Waals surface area (Å²) >= 11 is 0. The van der Waals surface area contributed by atoms with E-state index < -0.39 is 0 Å². The van der Waals surface area contributed by atoms with Crippen molar-refractivity contribution in [1.29, 1.82) is 0 Å². The first-order valence-electron chi connectivity index (χ1n) is 16.4. The highest BCUT2D eigenvalue weighted by Gasteiger charge is 2.18. The highest BCUT2D eigenvalue weighted by atomic mass is 14.9. The molecule has 226 valence electrons. The van der Waals surface area contributed by atoms with Crippen molar-refractivity contribution < 1.29 is 0 Å². The first-order chi connectivity index (χ1) is 23.7. The average molecular weight is 613 g/mol. The molecule has 2 heteroatoms. The molecule has 3 N–H and O–H groups in total. The quantitative estimate of drug-likeness (QED) is 0.150. The zero-order chi connectivity index (χ0) is 32.0. The largest absolute Gasteiger partial charge is 0.397 e. The lowest BCUT2D eigenvalue weighted by atomic mass is 9.84. The van der Waals surface area contributed by atoms with Crippen molar-refractivity contribution in [2.24, 2.45) is 0 Å². The molecule has 0 fully saturated rings. The van der Waals surface area contributed by atoms with Crippen LogP contribution in [0.25, 0.3) is 76.5 Å². The van der Waals surface area contributed by atoms with Gasteiger partial charge < -0.3 is 11.1 Å². The molecule has 0 unspecified atom stereocenters. The molecule has 0 radical (unpaired) electrons. The number of para-hydroxylation sites is 2. The predicted octanol–water partition coefficient (Wildman–Crippen LogP) is 12.6. The Morgan fingerprint density at radius 1 is 0.333 bits per heavy atom. The van der Waals surface area contributed by atoms with Crippen molar-refractivity contribution >= 4 is 60.2 Å². The molecular weight excluding hydrogens is 581 g/mol. The van der Waals surface area contributed by atoms with Gasteiger partial charge in [-0.25, -0.2) is 0 Å². The third kappa shape index (κ3) is 4.83. The highest BCUT2D eigenvalue weighted by Crippen LogP contribution is 2.45. The number of benzene rings is 9. The first kappa shape index (κ1) is 27.9. The topological polar surface area (TPSA) is 38.0 Å². The summed E-state index contributed by atoms with van der Waals surface area (Å²) < 4.78 is 0. The van der Waals surface area contributed by atoms with Gasteiger partial charge in [-0.1, -0.05) is 133 Å². The van der Waals surface area contributed by atoms with E-state index in [0.717, 1.165) is 22.6 Å². The van der Waals surface area contributed by atoms with Crippen molar-refractivity contribution in [3.05, 3.63) is 176 Å². The second kappa shape index (κ2) is 11.5. The molecule has 9 aromatic rings. The van der Waals surface area contributed by atoms with Gasteiger partial charge in [-0.3, -0.25) is 0 Å². The summed E-state index contributed by atoms with van der Waals surface area (Å²) in [6.45, 7) is 0. The van der Waals surface area contributed by atoms with Gasteiger partial charge >= 0.3 is 0 Å². The molecule has 0 amide bonds. The Morgan fingerprint density at radius 2 is 0.812 bits per heavy atom. The molecule has 0 atom stereocenters. The second-order valence-corrected chi connectivity index (χ2v) is 12.5. The van der Waals surface area contributed by atoms with Crippen molar-refractivity contribution in [2.45, 2.75) is 0 Å². The predicted molar refractivity (Wildman–Crippen MR) is 207 cm³/mol. The molecule has 0 aliphatic heterocycles. The Kier molecular flexibility index (Phi) is 6.65. The van der Waals surface area contributed by atoms with Crippen LogP contribution in [0, 0.1) is 0 Å². The molecule has 9 aromatic carbocycles. The molecule has 0 saturated heterocycles. The molecule has 0 aliphatic carbocycles. The Labute approximate surface area is 279 Å². The van der Waals surface area contributed by atoms with Gasteiger partial charge in [-0.2, -0.15) is 0 Å². The second-order valence-electron chi connectivity index (χ2n) is 12.5. The van der Waals surface area contributed by atoms with Gasteiger partial charge in [-0.15, -0.1) is 0 Å². The van der Waals surface area contributed by atoms with Crippen LogP contribution in [0.5, 0.6) is 0 Å². The maximum atomic E-state index is 6.19.